The minimum absolute atomic E-state index is 0.0506. The zero-order valence-corrected chi connectivity index (χ0v) is 20.7. The number of amides is 2. The van der Waals surface area contributed by atoms with Gasteiger partial charge in [-0.1, -0.05) is 0 Å². The Morgan fingerprint density at radius 1 is 1.11 bits per heavy atom. The van der Waals surface area contributed by atoms with Gasteiger partial charge in [0.2, 0.25) is 5.91 Å². The molecule has 3 fully saturated rings. The summed E-state index contributed by atoms with van der Waals surface area (Å²) in [6.07, 6.45) is 1.91. The van der Waals surface area contributed by atoms with E-state index in [1.165, 1.54) is 0 Å². The predicted octanol–water partition coefficient (Wildman–Crippen LogP) is -0.779. The van der Waals surface area contributed by atoms with E-state index in [0.29, 0.717) is 32.2 Å². The smallest absolute Gasteiger partial charge is 0.290 e. The summed E-state index contributed by atoms with van der Waals surface area (Å²) in [6, 6.07) is 3.79. The molecule has 1 aromatic rings. The molecule has 196 valence electrons. The molecule has 12 nitrogen and oxygen atoms in total. The van der Waals surface area contributed by atoms with Gasteiger partial charge >= 0.3 is 0 Å². The third-order valence-corrected chi connectivity index (χ3v) is 6.66. The van der Waals surface area contributed by atoms with Crippen molar-refractivity contribution < 1.29 is 34.1 Å². The Balaban J connectivity index is 0.000000655. The first-order valence-corrected chi connectivity index (χ1v) is 11.5. The lowest BCUT2D eigenvalue weighted by molar-refractivity contribution is -0.133. The molecule has 2 atom stereocenters. The van der Waals surface area contributed by atoms with E-state index in [2.05, 4.69) is 23.9 Å². The van der Waals surface area contributed by atoms with Crippen molar-refractivity contribution in [3.8, 4) is 0 Å². The number of aryl methyl sites for hydroxylation is 1. The maximum atomic E-state index is 13.1. The summed E-state index contributed by atoms with van der Waals surface area (Å²) in [5.74, 6) is 0.624. The predicted molar refractivity (Wildman–Crippen MR) is 127 cm³/mol. The van der Waals surface area contributed by atoms with Crippen molar-refractivity contribution in [1.29, 1.82) is 0 Å². The molecular weight excluding hydrogens is 458 g/mol. The van der Waals surface area contributed by atoms with Crippen LogP contribution < -0.4 is 0 Å². The number of ether oxygens (including phenoxy) is 1. The van der Waals surface area contributed by atoms with Crippen molar-refractivity contribution in [2.45, 2.75) is 0 Å². The minimum Gasteiger partial charge on any atom is -0.483 e. The van der Waals surface area contributed by atoms with E-state index in [-0.39, 0.29) is 30.2 Å². The van der Waals surface area contributed by atoms with Crippen molar-refractivity contribution in [3.05, 3.63) is 24.0 Å². The van der Waals surface area contributed by atoms with Crippen molar-refractivity contribution in [2.75, 3.05) is 79.7 Å². The number of hydrogen-bond acceptors (Lipinski definition) is 7. The van der Waals surface area contributed by atoms with Crippen LogP contribution in [-0.2, 0) is 26.2 Å². The quantitative estimate of drug-likeness (QED) is 0.504. The van der Waals surface area contributed by atoms with Crippen molar-refractivity contribution in [3.63, 3.8) is 0 Å². The first-order chi connectivity index (χ1) is 16.7. The molecule has 1 aromatic heterocycles. The summed E-state index contributed by atoms with van der Waals surface area (Å²) in [5.41, 5.74) is 0.676. The summed E-state index contributed by atoms with van der Waals surface area (Å²) in [7, 11) is 6.06. The monoisotopic (exact) mass is 495 g/mol. The van der Waals surface area contributed by atoms with Crippen LogP contribution in [0.3, 0.4) is 0 Å². The lowest BCUT2D eigenvalue weighted by atomic mass is 9.80. The summed E-state index contributed by atoms with van der Waals surface area (Å²) in [6.45, 7) is 6.82. The van der Waals surface area contributed by atoms with Crippen LogP contribution in [0.5, 0.6) is 0 Å². The molecule has 0 spiro atoms. The molecule has 4 heterocycles. The second-order valence-electron chi connectivity index (χ2n) is 9.36. The standard InChI is InChI=1S/C21H33N5O3.2CH2O2/c1-22(2)14-21-15-25(19(27)13-24-7-9-29-10-8-24)11-17(21)12-26(16-21)20(28)18-5-4-6-23(18)3;2*2-1-3/h4-6,17H,7-16H2,1-3H3;2*1H,(H,2,3). The molecule has 12 heteroatoms. The van der Waals surface area contributed by atoms with Gasteiger partial charge in [0.1, 0.15) is 5.69 Å². The van der Waals surface area contributed by atoms with Gasteiger partial charge in [0.15, 0.2) is 0 Å². The number of hydrogen-bond donors (Lipinski definition) is 2. The van der Waals surface area contributed by atoms with Crippen LogP contribution in [0.25, 0.3) is 0 Å². The molecule has 3 aliphatic rings. The highest BCUT2D eigenvalue weighted by Gasteiger charge is 2.54. The van der Waals surface area contributed by atoms with Crippen LogP contribution in [0.15, 0.2) is 18.3 Å². The number of carboxylic acid groups (broad SMARTS) is 2. The number of likely N-dealkylation sites (tertiary alicyclic amines) is 2. The highest BCUT2D eigenvalue weighted by Crippen LogP contribution is 2.43. The van der Waals surface area contributed by atoms with Gasteiger partial charge in [-0.2, -0.15) is 0 Å². The van der Waals surface area contributed by atoms with E-state index < -0.39 is 0 Å². The minimum atomic E-state index is -0.250. The Morgan fingerprint density at radius 2 is 1.69 bits per heavy atom. The van der Waals surface area contributed by atoms with Gasteiger partial charge in [0.25, 0.3) is 18.9 Å². The Labute approximate surface area is 205 Å². The first-order valence-electron chi connectivity index (χ1n) is 11.5. The fraction of sp³-hybridized carbons (Fsp3) is 0.652. The van der Waals surface area contributed by atoms with Crippen LogP contribution in [0.1, 0.15) is 10.5 Å². The Morgan fingerprint density at radius 3 is 2.23 bits per heavy atom. The molecule has 0 saturated carbocycles. The molecule has 3 aliphatic heterocycles. The Kier molecular flexibility index (Phi) is 10.7. The summed E-state index contributed by atoms with van der Waals surface area (Å²) in [5, 5.41) is 13.8. The van der Waals surface area contributed by atoms with E-state index in [4.69, 9.17) is 24.5 Å². The van der Waals surface area contributed by atoms with Crippen LogP contribution in [0.4, 0.5) is 0 Å². The Bertz CT molecular complexity index is 849. The maximum absolute atomic E-state index is 13.1. The highest BCUT2D eigenvalue weighted by atomic mass is 16.5. The van der Waals surface area contributed by atoms with E-state index >= 15 is 0 Å². The highest BCUT2D eigenvalue weighted by molar-refractivity contribution is 5.93. The number of carbonyl (C=O) groups is 4. The number of carbonyl (C=O) groups excluding carboxylic acids is 2. The number of nitrogens with zero attached hydrogens (tertiary/aromatic N) is 5. The summed E-state index contributed by atoms with van der Waals surface area (Å²) < 4.78 is 7.27. The SMILES string of the molecule is CN(C)CC12CN(C(=O)CN3CCOCC3)CC1CN(C(=O)c1cccn1C)C2.O=CO.O=CO. The number of fused-ring (bicyclic) bond motifs is 1. The van der Waals surface area contributed by atoms with Crippen LogP contribution >= 0.6 is 0 Å². The third-order valence-electron chi connectivity index (χ3n) is 6.66. The van der Waals surface area contributed by atoms with Crippen LogP contribution in [-0.4, -0.2) is 139 Å². The second-order valence-corrected chi connectivity index (χ2v) is 9.36. The molecule has 2 amide bonds. The lowest BCUT2D eigenvalue weighted by Crippen LogP contribution is -2.47. The van der Waals surface area contributed by atoms with Gasteiger partial charge in [-0.3, -0.25) is 24.1 Å². The molecule has 0 radical (unpaired) electrons. The molecular formula is C23H37N5O7. The fourth-order valence-electron chi connectivity index (χ4n) is 5.27. The van der Waals surface area contributed by atoms with Crippen LogP contribution in [0, 0.1) is 11.3 Å². The maximum Gasteiger partial charge on any atom is 0.290 e. The van der Waals surface area contributed by atoms with Gasteiger partial charge in [-0.25, -0.2) is 0 Å². The average Bonchev–Trinajstić information content (AvgIpc) is 3.47. The normalized spacial score (nSPS) is 23.6. The molecule has 4 rings (SSSR count). The third kappa shape index (κ3) is 7.26. The number of morpholine rings is 1. The van der Waals surface area contributed by atoms with Crippen molar-refractivity contribution in [2.24, 2.45) is 18.4 Å². The second kappa shape index (κ2) is 13.2. The van der Waals surface area contributed by atoms with Gasteiger partial charge in [0, 0.05) is 70.4 Å². The first kappa shape index (κ1) is 28.3. The lowest BCUT2D eigenvalue weighted by Gasteiger charge is -2.33. The van der Waals surface area contributed by atoms with Gasteiger partial charge in [-0.05, 0) is 26.2 Å². The zero-order chi connectivity index (χ0) is 26.0. The van der Waals surface area contributed by atoms with E-state index in [1.807, 2.05) is 39.7 Å². The van der Waals surface area contributed by atoms with Crippen LogP contribution in [0.2, 0.25) is 0 Å². The average molecular weight is 496 g/mol. The molecule has 3 saturated heterocycles. The molecule has 2 N–H and O–H groups in total. The summed E-state index contributed by atoms with van der Waals surface area (Å²) >= 11 is 0. The number of aromatic nitrogens is 1. The van der Waals surface area contributed by atoms with Gasteiger partial charge in [-0.15, -0.1) is 0 Å². The topological polar surface area (TPSA) is 136 Å². The van der Waals surface area contributed by atoms with Gasteiger partial charge in [0.05, 0.1) is 19.8 Å². The molecule has 0 aliphatic carbocycles. The fourth-order valence-corrected chi connectivity index (χ4v) is 5.27. The van der Waals surface area contributed by atoms with E-state index in [1.54, 1.807) is 0 Å². The zero-order valence-electron chi connectivity index (χ0n) is 20.7. The summed E-state index contributed by atoms with van der Waals surface area (Å²) in [4.78, 5) is 51.2. The molecule has 0 bridgehead atoms. The Hall–Kier alpha value is -2.96. The van der Waals surface area contributed by atoms with Crippen molar-refractivity contribution in [1.82, 2.24) is 24.2 Å². The van der Waals surface area contributed by atoms with Crippen molar-refractivity contribution >= 4 is 24.8 Å². The molecule has 35 heavy (non-hydrogen) atoms. The van der Waals surface area contributed by atoms with E-state index in [9.17, 15) is 9.59 Å². The van der Waals surface area contributed by atoms with E-state index in [0.717, 1.165) is 45.0 Å². The molecule has 2 unspecified atom stereocenters. The number of rotatable bonds is 5. The largest absolute Gasteiger partial charge is 0.483 e. The molecule has 0 aromatic carbocycles. The van der Waals surface area contributed by atoms with Gasteiger partial charge < -0.3 is 34.2 Å².